The van der Waals surface area contributed by atoms with E-state index in [1.54, 1.807) is 0 Å². The number of carbonyl (C=O) groups is 1. The summed E-state index contributed by atoms with van der Waals surface area (Å²) >= 11 is 0. The van der Waals surface area contributed by atoms with E-state index in [1.807, 2.05) is 0 Å². The van der Waals surface area contributed by atoms with Gasteiger partial charge in [0.15, 0.2) is 0 Å². The minimum absolute atomic E-state index is 0.133. The highest BCUT2D eigenvalue weighted by Gasteiger charge is 1.96. The van der Waals surface area contributed by atoms with Gasteiger partial charge in [-0.25, -0.2) is 0 Å². The zero-order chi connectivity index (χ0) is 18.6. The van der Waals surface area contributed by atoms with Crippen LogP contribution in [-0.4, -0.2) is 24.8 Å². The summed E-state index contributed by atoms with van der Waals surface area (Å²) in [6.45, 7) is 2.50. The molecule has 0 aromatic heterocycles. The van der Waals surface area contributed by atoms with Crippen molar-refractivity contribution in [2.45, 2.75) is 64.7 Å². The molecule has 3 heteroatoms. The molecule has 0 rings (SSSR count). The van der Waals surface area contributed by atoms with Crippen LogP contribution >= 0.6 is 0 Å². The lowest BCUT2D eigenvalue weighted by molar-refractivity contribution is -0.140. The highest BCUT2D eigenvalue weighted by molar-refractivity contribution is 5.69. The molecule has 0 heterocycles. The fourth-order valence-electron chi connectivity index (χ4n) is 2.25. The fourth-order valence-corrected chi connectivity index (χ4v) is 2.25. The molecule has 0 aromatic rings. The van der Waals surface area contributed by atoms with Gasteiger partial charge in [0.1, 0.15) is 0 Å². The Morgan fingerprint density at radius 1 is 0.880 bits per heavy atom. The van der Waals surface area contributed by atoms with Gasteiger partial charge in [0.25, 0.3) is 0 Å². The molecule has 0 bridgehead atoms. The summed E-state index contributed by atoms with van der Waals surface area (Å²) in [5.74, 6) is 0.340. The zero-order valence-corrected chi connectivity index (χ0v) is 16.0. The minimum atomic E-state index is -0.133. The van der Waals surface area contributed by atoms with E-state index in [1.165, 1.54) is 7.11 Å². The second-order valence-electron chi connectivity index (χ2n) is 6.17. The van der Waals surface area contributed by atoms with E-state index in [4.69, 9.17) is 5.11 Å². The number of aliphatic hydroxyl groups is 1. The van der Waals surface area contributed by atoms with Crippen LogP contribution in [0.5, 0.6) is 0 Å². The molecule has 0 aromatic carbocycles. The lowest BCUT2D eigenvalue weighted by Gasteiger charge is -1.98. The number of esters is 1. The molecule has 1 atom stereocenters. The number of hydrogen-bond donors (Lipinski definition) is 1. The predicted octanol–water partition coefficient (Wildman–Crippen LogP) is 5.52. The molecule has 0 spiro atoms. The second kappa shape index (κ2) is 18.7. The van der Waals surface area contributed by atoms with Crippen molar-refractivity contribution < 1.29 is 14.6 Å². The number of unbranched alkanes of at least 4 members (excludes halogenated alkanes) is 4. The van der Waals surface area contributed by atoms with Crippen LogP contribution in [-0.2, 0) is 9.53 Å². The molecule has 3 nitrogen and oxygen atoms in total. The number of ether oxygens (including phenoxy) is 1. The van der Waals surface area contributed by atoms with Crippen molar-refractivity contribution in [3.8, 4) is 0 Å². The highest BCUT2D eigenvalue weighted by atomic mass is 16.5. The van der Waals surface area contributed by atoms with Crippen LogP contribution in [0.25, 0.3) is 0 Å². The van der Waals surface area contributed by atoms with Gasteiger partial charge in [-0.15, -0.1) is 0 Å². The molecule has 0 fully saturated rings. The molecule has 0 aliphatic heterocycles. The van der Waals surface area contributed by atoms with Crippen molar-refractivity contribution in [3.05, 3.63) is 48.6 Å². The van der Waals surface area contributed by atoms with E-state index < -0.39 is 0 Å². The number of aliphatic hydroxyl groups excluding tert-OH is 1. The maximum absolute atomic E-state index is 10.9. The van der Waals surface area contributed by atoms with E-state index >= 15 is 0 Å². The smallest absolute Gasteiger partial charge is 0.305 e. The van der Waals surface area contributed by atoms with Crippen LogP contribution in [0.15, 0.2) is 48.6 Å². The van der Waals surface area contributed by atoms with Gasteiger partial charge in [0.2, 0.25) is 0 Å². The Hall–Kier alpha value is -1.61. The first-order valence-corrected chi connectivity index (χ1v) is 9.51. The lowest BCUT2D eigenvalue weighted by atomic mass is 10.1. The molecule has 25 heavy (non-hydrogen) atoms. The largest absolute Gasteiger partial charge is 0.469 e. The Labute approximate surface area is 154 Å². The van der Waals surface area contributed by atoms with Crippen LogP contribution in [0.4, 0.5) is 0 Å². The third-order valence-electron chi connectivity index (χ3n) is 3.77. The quantitative estimate of drug-likeness (QED) is 0.241. The van der Waals surface area contributed by atoms with Crippen molar-refractivity contribution in [2.75, 3.05) is 13.7 Å². The van der Waals surface area contributed by atoms with Gasteiger partial charge in [0.05, 0.1) is 7.11 Å². The van der Waals surface area contributed by atoms with E-state index in [0.717, 1.165) is 51.4 Å². The first-order chi connectivity index (χ1) is 12.2. The van der Waals surface area contributed by atoms with Gasteiger partial charge in [0, 0.05) is 13.0 Å². The second-order valence-corrected chi connectivity index (χ2v) is 6.17. The standard InChI is InChI=1S/C22H36O3/c1-21(18-14-10-8-12-16-20-23)17-13-9-6-4-3-5-7-11-15-19-22(24)25-2/h4-7,13-14,17-18,21,23H,3,8-12,15-16,19-20H2,1-2H3/b6-4-,7-5-,17-13-,18-14-. The van der Waals surface area contributed by atoms with Gasteiger partial charge in [-0.05, 0) is 50.9 Å². The molecule has 0 amide bonds. The van der Waals surface area contributed by atoms with Gasteiger partial charge < -0.3 is 9.84 Å². The molecular formula is C22H36O3. The summed E-state index contributed by atoms with van der Waals surface area (Å²) in [5.41, 5.74) is 0. The number of methoxy groups -OCH3 is 1. The predicted molar refractivity (Wildman–Crippen MR) is 106 cm³/mol. The normalized spacial score (nSPS) is 13.6. The van der Waals surface area contributed by atoms with Crippen LogP contribution in [0, 0.1) is 5.92 Å². The number of allylic oxidation sites excluding steroid dienone is 8. The number of hydrogen-bond acceptors (Lipinski definition) is 3. The highest BCUT2D eigenvalue weighted by Crippen LogP contribution is 2.05. The van der Waals surface area contributed by atoms with Crippen molar-refractivity contribution in [1.82, 2.24) is 0 Å². The van der Waals surface area contributed by atoms with Gasteiger partial charge >= 0.3 is 5.97 Å². The molecule has 0 aliphatic rings. The van der Waals surface area contributed by atoms with Crippen molar-refractivity contribution >= 4 is 5.97 Å². The first kappa shape index (κ1) is 23.4. The number of carbonyl (C=O) groups excluding carboxylic acids is 1. The Bertz CT molecular complexity index is 419. The van der Waals surface area contributed by atoms with Gasteiger partial charge in [-0.2, -0.15) is 0 Å². The zero-order valence-electron chi connectivity index (χ0n) is 16.0. The molecule has 142 valence electrons. The lowest BCUT2D eigenvalue weighted by Crippen LogP contribution is -1.98. The molecule has 1 N–H and O–H groups in total. The Balaban J connectivity index is 3.60. The third kappa shape index (κ3) is 18.6. The summed E-state index contributed by atoms with van der Waals surface area (Å²) in [5, 5.41) is 8.71. The van der Waals surface area contributed by atoms with Crippen LogP contribution < -0.4 is 0 Å². The Kier molecular flexibility index (Phi) is 17.5. The van der Waals surface area contributed by atoms with Gasteiger partial charge in [-0.1, -0.05) is 62.0 Å². The van der Waals surface area contributed by atoms with Crippen LogP contribution in [0.2, 0.25) is 0 Å². The average molecular weight is 349 g/mol. The van der Waals surface area contributed by atoms with Crippen molar-refractivity contribution in [3.63, 3.8) is 0 Å². The Morgan fingerprint density at radius 3 is 2.24 bits per heavy atom. The maximum atomic E-state index is 10.9. The molecule has 0 saturated heterocycles. The van der Waals surface area contributed by atoms with Crippen molar-refractivity contribution in [2.24, 2.45) is 5.92 Å². The van der Waals surface area contributed by atoms with Crippen LogP contribution in [0.3, 0.4) is 0 Å². The molecule has 1 unspecified atom stereocenters. The summed E-state index contributed by atoms with van der Waals surface area (Å²) in [6, 6.07) is 0. The minimum Gasteiger partial charge on any atom is -0.469 e. The fraction of sp³-hybridized carbons (Fsp3) is 0.591. The third-order valence-corrected chi connectivity index (χ3v) is 3.77. The monoisotopic (exact) mass is 348 g/mol. The summed E-state index contributed by atoms with van der Waals surface area (Å²) < 4.78 is 4.60. The summed E-state index contributed by atoms with van der Waals surface area (Å²) in [6.07, 6.45) is 26.0. The van der Waals surface area contributed by atoms with E-state index in [9.17, 15) is 4.79 Å². The number of rotatable bonds is 15. The summed E-state index contributed by atoms with van der Waals surface area (Å²) in [4.78, 5) is 10.9. The molecule has 0 radical (unpaired) electrons. The first-order valence-electron chi connectivity index (χ1n) is 9.51. The summed E-state index contributed by atoms with van der Waals surface area (Å²) in [7, 11) is 1.43. The molecule has 0 saturated carbocycles. The topological polar surface area (TPSA) is 46.5 Å². The van der Waals surface area contributed by atoms with Crippen molar-refractivity contribution in [1.29, 1.82) is 0 Å². The van der Waals surface area contributed by atoms with E-state index in [-0.39, 0.29) is 5.97 Å². The SMILES string of the molecule is COC(=O)CCC/C=C\C/C=C\C/C=C\C(C)/C=C\CCCCCO. The van der Waals surface area contributed by atoms with Crippen LogP contribution in [0.1, 0.15) is 64.7 Å². The van der Waals surface area contributed by atoms with E-state index in [2.05, 4.69) is 60.3 Å². The average Bonchev–Trinajstić information content (AvgIpc) is 2.62. The molecule has 0 aliphatic carbocycles. The van der Waals surface area contributed by atoms with Gasteiger partial charge in [-0.3, -0.25) is 4.79 Å². The Morgan fingerprint density at radius 2 is 1.52 bits per heavy atom. The molecular weight excluding hydrogens is 312 g/mol. The maximum Gasteiger partial charge on any atom is 0.305 e. The van der Waals surface area contributed by atoms with E-state index in [0.29, 0.717) is 18.9 Å².